The summed E-state index contributed by atoms with van der Waals surface area (Å²) in [6.07, 6.45) is 9.50. The van der Waals surface area contributed by atoms with Crippen LogP contribution in [0.1, 0.15) is 72.8 Å². The number of benzene rings is 1. The van der Waals surface area contributed by atoms with E-state index < -0.39 is 0 Å². The maximum atomic E-state index is 2.69. The van der Waals surface area contributed by atoms with Gasteiger partial charge in [-0.2, -0.15) is 0 Å². The molecule has 0 aromatic heterocycles. The molecule has 0 saturated carbocycles. The lowest BCUT2D eigenvalue weighted by atomic mass is 9.87. The van der Waals surface area contributed by atoms with E-state index in [1.165, 1.54) is 31.2 Å². The molecule has 1 nitrogen and oxygen atoms in total. The molecule has 22 heavy (non-hydrogen) atoms. The van der Waals surface area contributed by atoms with Crippen LogP contribution < -0.4 is 0 Å². The van der Waals surface area contributed by atoms with Crippen LogP contribution in [0.25, 0.3) is 6.08 Å². The molecule has 0 amide bonds. The van der Waals surface area contributed by atoms with Crippen LogP contribution in [-0.2, 0) is 0 Å². The fourth-order valence-corrected chi connectivity index (χ4v) is 3.67. The minimum atomic E-state index is 0.231. The van der Waals surface area contributed by atoms with E-state index in [2.05, 4.69) is 88.9 Å². The van der Waals surface area contributed by atoms with E-state index in [9.17, 15) is 0 Å². The van der Waals surface area contributed by atoms with Gasteiger partial charge in [0.1, 0.15) is 0 Å². The van der Waals surface area contributed by atoms with Crippen LogP contribution in [0.3, 0.4) is 0 Å². The molecule has 0 aliphatic rings. The SMILES string of the molecule is CCCC(C)(C)N(CC=Cc1ccccc1)C(C)(C)CCC. The number of nitrogens with zero attached hydrogens (tertiary/aromatic N) is 1. The lowest BCUT2D eigenvalue weighted by Gasteiger charge is -2.48. The molecule has 0 bridgehead atoms. The van der Waals surface area contributed by atoms with Gasteiger partial charge in [-0.1, -0.05) is 69.2 Å². The van der Waals surface area contributed by atoms with Crippen molar-refractivity contribution in [2.45, 2.75) is 78.3 Å². The first-order valence-corrected chi connectivity index (χ1v) is 8.83. The van der Waals surface area contributed by atoms with Gasteiger partial charge < -0.3 is 0 Å². The molecule has 0 aliphatic heterocycles. The summed E-state index contributed by atoms with van der Waals surface area (Å²) in [4.78, 5) is 2.69. The topological polar surface area (TPSA) is 3.24 Å². The van der Waals surface area contributed by atoms with Gasteiger partial charge in [0.2, 0.25) is 0 Å². The highest BCUT2D eigenvalue weighted by atomic mass is 15.2. The standard InChI is InChI=1S/C21H35N/c1-7-16-20(3,4)22(21(5,6)17-8-2)18-12-15-19-13-10-9-11-14-19/h9-15H,7-8,16-18H2,1-6H3. The Morgan fingerprint density at radius 1 is 0.864 bits per heavy atom. The van der Waals surface area contributed by atoms with Crippen LogP contribution in [0.4, 0.5) is 0 Å². The van der Waals surface area contributed by atoms with E-state index in [4.69, 9.17) is 0 Å². The zero-order chi connectivity index (χ0) is 16.6. The van der Waals surface area contributed by atoms with Crippen molar-refractivity contribution in [1.29, 1.82) is 0 Å². The molecule has 1 aromatic carbocycles. The van der Waals surface area contributed by atoms with Crippen LogP contribution in [0.15, 0.2) is 36.4 Å². The predicted octanol–water partition coefficient (Wildman–Crippen LogP) is 6.16. The summed E-state index contributed by atoms with van der Waals surface area (Å²) in [5.41, 5.74) is 1.74. The fourth-order valence-electron chi connectivity index (χ4n) is 3.67. The third kappa shape index (κ3) is 5.61. The van der Waals surface area contributed by atoms with Gasteiger partial charge in [-0.15, -0.1) is 0 Å². The Hall–Kier alpha value is -1.08. The second-order valence-electron chi connectivity index (χ2n) is 7.55. The van der Waals surface area contributed by atoms with Gasteiger partial charge in [0, 0.05) is 17.6 Å². The van der Waals surface area contributed by atoms with E-state index in [-0.39, 0.29) is 11.1 Å². The van der Waals surface area contributed by atoms with Gasteiger partial charge in [0.05, 0.1) is 0 Å². The molecule has 0 saturated heterocycles. The van der Waals surface area contributed by atoms with Gasteiger partial charge in [-0.05, 0) is 46.1 Å². The second kappa shape index (κ2) is 8.53. The molecule has 1 aromatic rings. The van der Waals surface area contributed by atoms with Crippen LogP contribution in [0, 0.1) is 0 Å². The maximum absolute atomic E-state index is 2.69. The van der Waals surface area contributed by atoms with Crippen LogP contribution in [0.2, 0.25) is 0 Å². The molecule has 0 N–H and O–H groups in total. The zero-order valence-electron chi connectivity index (χ0n) is 15.5. The first-order valence-electron chi connectivity index (χ1n) is 8.83. The van der Waals surface area contributed by atoms with Crippen molar-refractivity contribution in [2.24, 2.45) is 0 Å². The minimum absolute atomic E-state index is 0.231. The molecule has 124 valence electrons. The van der Waals surface area contributed by atoms with Crippen LogP contribution in [0.5, 0.6) is 0 Å². The Labute approximate surface area is 138 Å². The Bertz CT molecular complexity index is 424. The molecule has 1 heteroatoms. The minimum Gasteiger partial charge on any atom is -0.289 e. The third-order valence-electron chi connectivity index (χ3n) is 4.58. The van der Waals surface area contributed by atoms with Crippen molar-refractivity contribution in [2.75, 3.05) is 6.54 Å². The van der Waals surface area contributed by atoms with Gasteiger partial charge in [-0.3, -0.25) is 4.90 Å². The highest BCUT2D eigenvalue weighted by Crippen LogP contribution is 2.32. The largest absolute Gasteiger partial charge is 0.289 e. The Morgan fingerprint density at radius 3 is 1.82 bits per heavy atom. The lowest BCUT2D eigenvalue weighted by molar-refractivity contribution is 0.0167. The molecular weight excluding hydrogens is 266 g/mol. The highest BCUT2D eigenvalue weighted by molar-refractivity contribution is 5.48. The monoisotopic (exact) mass is 301 g/mol. The average molecular weight is 302 g/mol. The lowest BCUT2D eigenvalue weighted by Crippen LogP contribution is -2.55. The summed E-state index contributed by atoms with van der Waals surface area (Å²) in [5, 5.41) is 0. The number of hydrogen-bond donors (Lipinski definition) is 0. The van der Waals surface area contributed by atoms with Gasteiger partial charge in [0.25, 0.3) is 0 Å². The first-order chi connectivity index (χ1) is 10.3. The molecule has 0 spiro atoms. The van der Waals surface area contributed by atoms with E-state index >= 15 is 0 Å². The molecule has 0 unspecified atom stereocenters. The zero-order valence-corrected chi connectivity index (χ0v) is 15.5. The summed E-state index contributed by atoms with van der Waals surface area (Å²) in [5.74, 6) is 0. The van der Waals surface area contributed by atoms with Crippen molar-refractivity contribution >= 4 is 6.08 Å². The quantitative estimate of drug-likeness (QED) is 0.528. The molecule has 0 aliphatic carbocycles. The summed E-state index contributed by atoms with van der Waals surface area (Å²) < 4.78 is 0. The Morgan fingerprint density at radius 2 is 1.36 bits per heavy atom. The third-order valence-corrected chi connectivity index (χ3v) is 4.58. The molecule has 0 fully saturated rings. The number of hydrogen-bond acceptors (Lipinski definition) is 1. The number of rotatable bonds is 9. The van der Waals surface area contributed by atoms with Crippen LogP contribution >= 0.6 is 0 Å². The van der Waals surface area contributed by atoms with Crippen molar-refractivity contribution in [1.82, 2.24) is 4.90 Å². The van der Waals surface area contributed by atoms with Crippen molar-refractivity contribution in [3.8, 4) is 0 Å². The summed E-state index contributed by atoms with van der Waals surface area (Å²) in [7, 11) is 0. The van der Waals surface area contributed by atoms with E-state index in [0.29, 0.717) is 0 Å². The van der Waals surface area contributed by atoms with Crippen molar-refractivity contribution in [3.05, 3.63) is 42.0 Å². The smallest absolute Gasteiger partial charge is 0.0177 e. The van der Waals surface area contributed by atoms with E-state index in [1.54, 1.807) is 0 Å². The fraction of sp³-hybridized carbons (Fsp3) is 0.619. The molecule has 0 radical (unpaired) electrons. The maximum Gasteiger partial charge on any atom is 0.0177 e. The van der Waals surface area contributed by atoms with Crippen molar-refractivity contribution in [3.63, 3.8) is 0 Å². The molecular formula is C21H35N. The molecule has 0 atom stereocenters. The highest BCUT2D eigenvalue weighted by Gasteiger charge is 2.35. The van der Waals surface area contributed by atoms with Gasteiger partial charge in [0.15, 0.2) is 0 Å². The van der Waals surface area contributed by atoms with Crippen molar-refractivity contribution < 1.29 is 0 Å². The summed E-state index contributed by atoms with van der Waals surface area (Å²) in [6.45, 7) is 15.1. The Kier molecular flexibility index (Phi) is 7.35. The molecule has 1 rings (SSSR count). The molecule has 0 heterocycles. The first kappa shape index (κ1) is 19.0. The Balaban J connectivity index is 2.89. The van der Waals surface area contributed by atoms with Gasteiger partial charge in [-0.25, -0.2) is 0 Å². The normalized spacial score (nSPS) is 13.2. The summed E-state index contributed by atoms with van der Waals surface area (Å²) in [6, 6.07) is 10.6. The summed E-state index contributed by atoms with van der Waals surface area (Å²) >= 11 is 0. The van der Waals surface area contributed by atoms with E-state index in [0.717, 1.165) is 6.54 Å². The van der Waals surface area contributed by atoms with Crippen LogP contribution in [-0.4, -0.2) is 22.5 Å². The van der Waals surface area contributed by atoms with E-state index in [1.807, 2.05) is 0 Å². The predicted molar refractivity (Wildman–Crippen MR) is 100 cm³/mol. The second-order valence-corrected chi connectivity index (χ2v) is 7.55. The average Bonchev–Trinajstić information content (AvgIpc) is 2.44. The van der Waals surface area contributed by atoms with Gasteiger partial charge >= 0.3 is 0 Å².